The molecule has 2 rings (SSSR count). The van der Waals surface area contributed by atoms with Gasteiger partial charge in [0.2, 0.25) is 0 Å². The number of rotatable bonds is 1. The number of hydrogen-bond donors (Lipinski definition) is 0. The van der Waals surface area contributed by atoms with Gasteiger partial charge in [-0.05, 0) is 37.6 Å². The summed E-state index contributed by atoms with van der Waals surface area (Å²) in [5.41, 5.74) is 2.23. The van der Waals surface area contributed by atoms with Crippen LogP contribution in [0.15, 0.2) is 36.5 Å². The van der Waals surface area contributed by atoms with Crippen molar-refractivity contribution in [2.24, 2.45) is 0 Å². The van der Waals surface area contributed by atoms with Crippen LogP contribution in [0.4, 0.5) is 0 Å². The van der Waals surface area contributed by atoms with Crippen molar-refractivity contribution in [1.82, 2.24) is 9.55 Å². The summed E-state index contributed by atoms with van der Waals surface area (Å²) in [6.07, 6.45) is 1.79. The maximum absolute atomic E-state index is 5.30. The van der Waals surface area contributed by atoms with Crippen LogP contribution in [0.25, 0.3) is 5.82 Å². The molecule has 0 radical (unpaired) electrons. The summed E-state index contributed by atoms with van der Waals surface area (Å²) in [7, 11) is 0. The van der Waals surface area contributed by atoms with E-state index in [2.05, 4.69) is 4.98 Å². The first-order valence-electron chi connectivity index (χ1n) is 4.81. The molecule has 2 heterocycles. The fourth-order valence-electron chi connectivity index (χ4n) is 1.58. The molecule has 0 amide bonds. The van der Waals surface area contributed by atoms with Crippen molar-refractivity contribution in [2.75, 3.05) is 0 Å². The van der Waals surface area contributed by atoms with Gasteiger partial charge in [0.25, 0.3) is 0 Å². The molecule has 0 unspecified atom stereocenters. The van der Waals surface area contributed by atoms with Gasteiger partial charge in [0, 0.05) is 11.9 Å². The lowest BCUT2D eigenvalue weighted by Gasteiger charge is -2.11. The lowest BCUT2D eigenvalue weighted by atomic mass is 10.2. The third-order valence-corrected chi connectivity index (χ3v) is 2.66. The molecular formula is C12H12N2S. The number of aryl methyl sites for hydroxylation is 2. The average Bonchev–Trinajstić information content (AvgIpc) is 2.20. The van der Waals surface area contributed by atoms with E-state index in [-0.39, 0.29) is 0 Å². The fraction of sp³-hybridized carbons (Fsp3) is 0.167. The third-order valence-electron chi connectivity index (χ3n) is 2.34. The van der Waals surface area contributed by atoms with Crippen molar-refractivity contribution in [3.63, 3.8) is 0 Å². The highest BCUT2D eigenvalue weighted by Gasteiger charge is 2.03. The predicted octanol–water partition coefficient (Wildman–Crippen LogP) is 3.22. The zero-order chi connectivity index (χ0) is 10.8. The van der Waals surface area contributed by atoms with Crippen LogP contribution >= 0.6 is 12.2 Å². The van der Waals surface area contributed by atoms with E-state index in [9.17, 15) is 0 Å². The highest BCUT2D eigenvalue weighted by atomic mass is 32.1. The van der Waals surface area contributed by atoms with Gasteiger partial charge < -0.3 is 0 Å². The molecule has 0 saturated heterocycles. The number of nitrogens with zero attached hydrogens (tertiary/aromatic N) is 2. The van der Waals surface area contributed by atoms with Crippen LogP contribution in [0, 0.1) is 18.5 Å². The minimum Gasteiger partial charge on any atom is -0.289 e. The molecular weight excluding hydrogens is 204 g/mol. The Morgan fingerprint density at radius 1 is 1.13 bits per heavy atom. The van der Waals surface area contributed by atoms with Crippen molar-refractivity contribution in [2.45, 2.75) is 13.8 Å². The lowest BCUT2D eigenvalue weighted by molar-refractivity contribution is 0.908. The highest BCUT2D eigenvalue weighted by Crippen LogP contribution is 2.13. The van der Waals surface area contributed by atoms with Gasteiger partial charge in [-0.3, -0.25) is 4.57 Å². The zero-order valence-corrected chi connectivity index (χ0v) is 9.58. The number of aromatic nitrogens is 2. The summed E-state index contributed by atoms with van der Waals surface area (Å²) < 4.78 is 2.78. The van der Waals surface area contributed by atoms with E-state index in [1.165, 1.54) is 0 Å². The van der Waals surface area contributed by atoms with Crippen LogP contribution < -0.4 is 0 Å². The molecule has 15 heavy (non-hydrogen) atoms. The molecule has 0 spiro atoms. The standard InChI is InChI=1S/C12H12N2S/c1-9-5-4-8-13-12(9)14-10(2)6-3-7-11(14)15/h3-8H,1-2H3. The molecule has 0 fully saturated rings. The van der Waals surface area contributed by atoms with Gasteiger partial charge >= 0.3 is 0 Å². The molecule has 0 N–H and O–H groups in total. The molecule has 0 aromatic carbocycles. The van der Waals surface area contributed by atoms with Crippen molar-refractivity contribution >= 4 is 12.2 Å². The quantitative estimate of drug-likeness (QED) is 0.681. The second-order valence-corrected chi connectivity index (χ2v) is 3.90. The maximum atomic E-state index is 5.30. The monoisotopic (exact) mass is 216 g/mol. The summed E-state index contributed by atoms with van der Waals surface area (Å²) >= 11 is 5.30. The van der Waals surface area contributed by atoms with Crippen LogP contribution in [0.3, 0.4) is 0 Å². The molecule has 2 aromatic rings. The second kappa shape index (κ2) is 3.95. The Labute approximate surface area is 94.2 Å². The van der Waals surface area contributed by atoms with Crippen LogP contribution in [0.1, 0.15) is 11.3 Å². The predicted molar refractivity (Wildman–Crippen MR) is 63.9 cm³/mol. The Morgan fingerprint density at radius 2 is 1.93 bits per heavy atom. The maximum Gasteiger partial charge on any atom is 0.140 e. The first-order chi connectivity index (χ1) is 7.20. The van der Waals surface area contributed by atoms with E-state index in [1.54, 1.807) is 6.20 Å². The molecule has 2 nitrogen and oxygen atoms in total. The normalized spacial score (nSPS) is 10.3. The topological polar surface area (TPSA) is 17.8 Å². The second-order valence-electron chi connectivity index (χ2n) is 3.48. The van der Waals surface area contributed by atoms with E-state index in [4.69, 9.17) is 12.2 Å². The molecule has 3 heteroatoms. The van der Waals surface area contributed by atoms with Gasteiger partial charge in [0.1, 0.15) is 10.5 Å². The van der Waals surface area contributed by atoms with E-state index < -0.39 is 0 Å². The van der Waals surface area contributed by atoms with Crippen molar-refractivity contribution in [3.8, 4) is 5.82 Å². The molecule has 0 aliphatic carbocycles. The van der Waals surface area contributed by atoms with Crippen molar-refractivity contribution < 1.29 is 0 Å². The SMILES string of the molecule is Cc1cccnc1-n1c(C)cccc1=S. The number of hydrogen-bond acceptors (Lipinski definition) is 2. The van der Waals surface area contributed by atoms with Gasteiger partial charge in [-0.1, -0.05) is 24.4 Å². The molecule has 0 aliphatic heterocycles. The fourth-order valence-corrected chi connectivity index (χ4v) is 1.88. The first kappa shape index (κ1) is 10.1. The summed E-state index contributed by atoms with van der Waals surface area (Å²) in [6.45, 7) is 4.07. The summed E-state index contributed by atoms with van der Waals surface area (Å²) in [4.78, 5) is 4.37. The van der Waals surface area contributed by atoms with Crippen LogP contribution in [0.5, 0.6) is 0 Å². The molecule has 76 valence electrons. The minimum atomic E-state index is 0.789. The molecule has 2 aromatic heterocycles. The van der Waals surface area contributed by atoms with Gasteiger partial charge in [0.05, 0.1) is 0 Å². The summed E-state index contributed by atoms with van der Waals surface area (Å²) in [5, 5.41) is 0. The van der Waals surface area contributed by atoms with E-state index in [1.807, 2.05) is 48.7 Å². The average molecular weight is 216 g/mol. The molecule has 0 atom stereocenters. The molecule has 0 saturated carbocycles. The lowest BCUT2D eigenvalue weighted by Crippen LogP contribution is -2.05. The highest BCUT2D eigenvalue weighted by molar-refractivity contribution is 7.71. The van der Waals surface area contributed by atoms with Crippen molar-refractivity contribution in [1.29, 1.82) is 0 Å². The van der Waals surface area contributed by atoms with Crippen LogP contribution in [-0.2, 0) is 0 Å². The Kier molecular flexibility index (Phi) is 2.64. The first-order valence-corrected chi connectivity index (χ1v) is 5.21. The molecule has 0 aliphatic rings. The summed E-state index contributed by atoms with van der Waals surface area (Å²) in [6, 6.07) is 9.88. The van der Waals surface area contributed by atoms with Crippen LogP contribution in [0.2, 0.25) is 0 Å². The smallest absolute Gasteiger partial charge is 0.140 e. The van der Waals surface area contributed by atoms with Crippen molar-refractivity contribution in [3.05, 3.63) is 52.4 Å². The van der Waals surface area contributed by atoms with Gasteiger partial charge in [-0.15, -0.1) is 0 Å². The van der Waals surface area contributed by atoms with E-state index >= 15 is 0 Å². The van der Waals surface area contributed by atoms with Crippen LogP contribution in [-0.4, -0.2) is 9.55 Å². The Bertz CT molecular complexity index is 543. The van der Waals surface area contributed by atoms with E-state index in [0.717, 1.165) is 21.7 Å². The van der Waals surface area contributed by atoms with Gasteiger partial charge in [0.15, 0.2) is 0 Å². The third kappa shape index (κ3) is 1.83. The number of pyridine rings is 2. The summed E-state index contributed by atoms with van der Waals surface area (Å²) in [5.74, 6) is 0.917. The Hall–Kier alpha value is -1.48. The molecule has 0 bridgehead atoms. The largest absolute Gasteiger partial charge is 0.289 e. The minimum absolute atomic E-state index is 0.789. The van der Waals surface area contributed by atoms with Gasteiger partial charge in [-0.2, -0.15) is 0 Å². The Balaban J connectivity index is 2.75. The van der Waals surface area contributed by atoms with E-state index in [0.29, 0.717) is 0 Å². The Morgan fingerprint density at radius 3 is 2.60 bits per heavy atom. The zero-order valence-electron chi connectivity index (χ0n) is 8.77. The van der Waals surface area contributed by atoms with Gasteiger partial charge in [-0.25, -0.2) is 4.98 Å².